The summed E-state index contributed by atoms with van der Waals surface area (Å²) in [5, 5.41) is 9.43. The van der Waals surface area contributed by atoms with Crippen LogP contribution in [0.3, 0.4) is 0 Å². The maximum absolute atomic E-state index is 6.40. The number of para-hydroxylation sites is 1. The highest BCUT2D eigenvalue weighted by Gasteiger charge is 2.41. The normalized spacial score (nSPS) is 11.8. The van der Waals surface area contributed by atoms with Gasteiger partial charge < -0.3 is 4.42 Å². The van der Waals surface area contributed by atoms with Gasteiger partial charge in [0.1, 0.15) is 17.0 Å². The third-order valence-electron chi connectivity index (χ3n) is 12.5. The zero-order valence-electron chi connectivity index (χ0n) is 34.1. The Hall–Kier alpha value is -8.19. The average Bonchev–Trinajstić information content (AvgIpc) is 3.92. The molecule has 6 heteroatoms. The second kappa shape index (κ2) is 15.1. The van der Waals surface area contributed by atoms with Crippen molar-refractivity contribution in [1.82, 2.24) is 19.5 Å². The first-order valence-corrected chi connectivity index (χ1v) is 23.3. The summed E-state index contributed by atoms with van der Waals surface area (Å²) >= 11 is 0. The molecule has 0 spiro atoms. The first-order chi connectivity index (χ1) is 31.3. The lowest BCUT2D eigenvalue weighted by atomic mass is 9.99. The molecule has 12 rings (SSSR count). The van der Waals surface area contributed by atoms with Gasteiger partial charge in [-0.2, -0.15) is 0 Å². The van der Waals surface area contributed by atoms with Crippen LogP contribution in [0.15, 0.2) is 235 Å². The van der Waals surface area contributed by atoms with Crippen molar-refractivity contribution < 1.29 is 4.42 Å². The SMILES string of the molecule is c1ccc(-c2cccc3c2c2ccccc2n3-c2cc(-c3cccc4oc5ccncc5c34)nc(-c3cccc([Si](c4ccccc4)(c4ccccc4)c4ccccc4)c3)n2)cc1. The van der Waals surface area contributed by atoms with E-state index in [0.29, 0.717) is 5.82 Å². The summed E-state index contributed by atoms with van der Waals surface area (Å²) < 4.78 is 8.71. The molecule has 0 atom stereocenters. The average molecular weight is 823 g/mol. The van der Waals surface area contributed by atoms with Crippen LogP contribution >= 0.6 is 0 Å². The van der Waals surface area contributed by atoms with E-state index in [2.05, 4.69) is 210 Å². The maximum atomic E-state index is 6.40. The molecule has 4 aromatic heterocycles. The van der Waals surface area contributed by atoms with Gasteiger partial charge in [-0.15, -0.1) is 0 Å². The van der Waals surface area contributed by atoms with Crippen LogP contribution < -0.4 is 20.7 Å². The zero-order valence-corrected chi connectivity index (χ0v) is 35.1. The molecule has 4 heterocycles. The molecule has 0 unspecified atom stereocenters. The highest BCUT2D eigenvalue weighted by Crippen LogP contribution is 2.40. The topological polar surface area (TPSA) is 56.7 Å². The largest absolute Gasteiger partial charge is 0.456 e. The van der Waals surface area contributed by atoms with Gasteiger partial charge in [0.2, 0.25) is 0 Å². The summed E-state index contributed by atoms with van der Waals surface area (Å²) in [7, 11) is -2.86. The Morgan fingerprint density at radius 2 is 1.00 bits per heavy atom. The van der Waals surface area contributed by atoms with Crippen molar-refractivity contribution in [3.63, 3.8) is 0 Å². The van der Waals surface area contributed by atoms with Crippen molar-refractivity contribution in [2.45, 2.75) is 0 Å². The Bertz CT molecular complexity index is 3530. The number of rotatable bonds is 8. The van der Waals surface area contributed by atoms with Crippen molar-refractivity contribution in [3.05, 3.63) is 231 Å². The van der Waals surface area contributed by atoms with Gasteiger partial charge in [-0.05, 0) is 56.1 Å². The molecule has 0 bridgehead atoms. The highest BCUT2D eigenvalue weighted by atomic mass is 28.3. The molecule has 63 heavy (non-hydrogen) atoms. The fourth-order valence-corrected chi connectivity index (χ4v) is 14.6. The van der Waals surface area contributed by atoms with Gasteiger partial charge in [-0.25, -0.2) is 9.97 Å². The second-order valence-electron chi connectivity index (χ2n) is 15.9. The maximum Gasteiger partial charge on any atom is 0.179 e. The molecule has 0 aliphatic heterocycles. The lowest BCUT2D eigenvalue weighted by Crippen LogP contribution is -2.74. The molecule has 0 amide bonds. The molecule has 8 aromatic carbocycles. The van der Waals surface area contributed by atoms with Crippen LogP contribution in [0, 0.1) is 0 Å². The quantitative estimate of drug-likeness (QED) is 0.113. The minimum Gasteiger partial charge on any atom is -0.456 e. The molecule has 0 saturated heterocycles. The van der Waals surface area contributed by atoms with Gasteiger partial charge in [-0.1, -0.05) is 188 Å². The summed E-state index contributed by atoms with van der Waals surface area (Å²) in [5.74, 6) is 1.41. The highest BCUT2D eigenvalue weighted by molar-refractivity contribution is 7.19. The molecule has 0 aliphatic carbocycles. The predicted molar refractivity (Wildman–Crippen MR) is 261 cm³/mol. The first kappa shape index (κ1) is 36.6. The molecular weight excluding hydrogens is 785 g/mol. The summed E-state index contributed by atoms with van der Waals surface area (Å²) in [6.45, 7) is 0. The Balaban J connectivity index is 1.16. The lowest BCUT2D eigenvalue weighted by molar-refractivity contribution is 0.668. The summed E-state index contributed by atoms with van der Waals surface area (Å²) in [6, 6.07) is 78.2. The van der Waals surface area contributed by atoms with E-state index in [1.807, 2.05) is 24.4 Å². The number of benzene rings is 8. The second-order valence-corrected chi connectivity index (χ2v) is 19.7. The van der Waals surface area contributed by atoms with E-state index in [4.69, 9.17) is 14.4 Å². The third kappa shape index (κ3) is 5.95. The summed E-state index contributed by atoms with van der Waals surface area (Å²) in [6.07, 6.45) is 3.66. The number of fused-ring (bicyclic) bond motifs is 6. The zero-order chi connectivity index (χ0) is 41.7. The van der Waals surface area contributed by atoms with Crippen LogP contribution in [0.1, 0.15) is 0 Å². The fraction of sp³-hybridized carbons (Fsp3) is 0. The molecule has 0 saturated carbocycles. The molecule has 0 aliphatic rings. The van der Waals surface area contributed by atoms with Crippen molar-refractivity contribution in [3.8, 4) is 39.6 Å². The smallest absolute Gasteiger partial charge is 0.179 e. The number of furan rings is 1. The number of hydrogen-bond acceptors (Lipinski definition) is 4. The Kier molecular flexibility index (Phi) is 8.76. The van der Waals surface area contributed by atoms with Crippen LogP contribution in [-0.4, -0.2) is 27.6 Å². The number of aromatic nitrogens is 4. The minimum absolute atomic E-state index is 0.634. The summed E-state index contributed by atoms with van der Waals surface area (Å²) in [4.78, 5) is 15.6. The minimum atomic E-state index is -2.86. The standard InChI is InChI=1S/C57H38N4OSi/c1-5-18-39(19-6-1)45-29-16-32-51-55(45)47-28-13-14-31-50(47)61(51)54-37-49(46-30-17-33-53-56(46)48-38-58-35-34-52(48)62-53)59-57(60-54)40-20-15-27-44(36-40)63(41-21-7-2-8-22-41,42-23-9-3-10-24-42)43-25-11-4-12-26-43/h1-38H. The van der Waals surface area contributed by atoms with Crippen molar-refractivity contribution in [2.24, 2.45) is 0 Å². The first-order valence-electron chi connectivity index (χ1n) is 21.3. The fourth-order valence-electron chi connectivity index (χ4n) is 9.78. The molecule has 0 radical (unpaired) electrons. The van der Waals surface area contributed by atoms with Gasteiger partial charge >= 0.3 is 0 Å². The van der Waals surface area contributed by atoms with Crippen molar-refractivity contribution >= 4 is 72.6 Å². The van der Waals surface area contributed by atoms with Gasteiger partial charge in [0, 0.05) is 51.1 Å². The van der Waals surface area contributed by atoms with Crippen molar-refractivity contribution in [1.29, 1.82) is 0 Å². The number of hydrogen-bond donors (Lipinski definition) is 0. The van der Waals surface area contributed by atoms with Crippen LogP contribution in [-0.2, 0) is 0 Å². The summed E-state index contributed by atoms with van der Waals surface area (Å²) in [5.41, 5.74) is 8.74. The van der Waals surface area contributed by atoms with Crippen LogP contribution in [0.25, 0.3) is 83.3 Å². The number of pyridine rings is 1. The molecule has 12 aromatic rings. The molecule has 0 N–H and O–H groups in total. The third-order valence-corrected chi connectivity index (χ3v) is 17.2. The lowest BCUT2D eigenvalue weighted by Gasteiger charge is -2.34. The van der Waals surface area contributed by atoms with Gasteiger partial charge in [-0.3, -0.25) is 9.55 Å². The van der Waals surface area contributed by atoms with Crippen LogP contribution in [0.4, 0.5) is 0 Å². The van der Waals surface area contributed by atoms with Crippen molar-refractivity contribution in [2.75, 3.05) is 0 Å². The van der Waals surface area contributed by atoms with Gasteiger partial charge in [0.25, 0.3) is 0 Å². The molecular formula is C57H38N4OSi. The van der Waals surface area contributed by atoms with Gasteiger partial charge in [0.05, 0.1) is 16.7 Å². The number of nitrogens with zero attached hydrogens (tertiary/aromatic N) is 4. The Morgan fingerprint density at radius 3 is 1.73 bits per heavy atom. The Labute approximate surface area is 365 Å². The predicted octanol–water partition coefficient (Wildman–Crippen LogP) is 11.2. The van der Waals surface area contributed by atoms with E-state index in [1.54, 1.807) is 6.20 Å². The van der Waals surface area contributed by atoms with E-state index >= 15 is 0 Å². The monoisotopic (exact) mass is 822 g/mol. The van der Waals surface area contributed by atoms with Crippen LogP contribution in [0.2, 0.25) is 0 Å². The molecule has 296 valence electrons. The van der Waals surface area contributed by atoms with E-state index in [0.717, 1.165) is 61.0 Å². The molecule has 0 fully saturated rings. The van der Waals surface area contributed by atoms with E-state index in [9.17, 15) is 0 Å². The Morgan fingerprint density at radius 1 is 0.413 bits per heavy atom. The van der Waals surface area contributed by atoms with E-state index < -0.39 is 8.07 Å². The van der Waals surface area contributed by atoms with E-state index in [-0.39, 0.29) is 0 Å². The van der Waals surface area contributed by atoms with Gasteiger partial charge in [0.15, 0.2) is 13.9 Å². The van der Waals surface area contributed by atoms with Crippen LogP contribution in [0.5, 0.6) is 0 Å². The van der Waals surface area contributed by atoms with E-state index in [1.165, 1.54) is 37.3 Å². The molecule has 5 nitrogen and oxygen atoms in total.